The van der Waals surface area contributed by atoms with E-state index in [0.717, 1.165) is 18.8 Å². The van der Waals surface area contributed by atoms with E-state index in [1.165, 1.54) is 19.3 Å². The first-order valence-corrected chi connectivity index (χ1v) is 7.73. The van der Waals surface area contributed by atoms with Crippen LogP contribution in [0.1, 0.15) is 58.8 Å². The number of rotatable bonds is 6. The average molecular weight is 284 g/mol. The summed E-state index contributed by atoms with van der Waals surface area (Å²) in [6.45, 7) is 4.76. The smallest absolute Gasteiger partial charge is 0.315 e. The van der Waals surface area contributed by atoms with E-state index < -0.39 is 5.97 Å². The van der Waals surface area contributed by atoms with Crippen molar-refractivity contribution in [3.8, 4) is 0 Å². The molecule has 1 saturated carbocycles. The van der Waals surface area contributed by atoms with Gasteiger partial charge >= 0.3 is 12.0 Å². The van der Waals surface area contributed by atoms with Crippen molar-refractivity contribution in [1.29, 1.82) is 0 Å². The van der Waals surface area contributed by atoms with E-state index in [-0.39, 0.29) is 24.4 Å². The third-order valence-electron chi connectivity index (χ3n) is 4.05. The van der Waals surface area contributed by atoms with Crippen LogP contribution in [-0.4, -0.2) is 29.7 Å². The summed E-state index contributed by atoms with van der Waals surface area (Å²) < 4.78 is 0. The molecule has 0 saturated heterocycles. The molecule has 0 bridgehead atoms. The van der Waals surface area contributed by atoms with E-state index in [1.807, 2.05) is 6.92 Å². The fourth-order valence-corrected chi connectivity index (χ4v) is 2.61. The summed E-state index contributed by atoms with van der Waals surface area (Å²) >= 11 is 0. The van der Waals surface area contributed by atoms with Crippen molar-refractivity contribution < 1.29 is 14.7 Å². The van der Waals surface area contributed by atoms with Gasteiger partial charge < -0.3 is 15.7 Å². The van der Waals surface area contributed by atoms with Crippen LogP contribution in [0.2, 0.25) is 0 Å². The fourth-order valence-electron chi connectivity index (χ4n) is 2.61. The van der Waals surface area contributed by atoms with Crippen molar-refractivity contribution in [3.63, 3.8) is 0 Å². The summed E-state index contributed by atoms with van der Waals surface area (Å²) in [5.41, 5.74) is 0. The normalized spacial score (nSPS) is 24.5. The van der Waals surface area contributed by atoms with Gasteiger partial charge in [0, 0.05) is 19.0 Å². The molecule has 1 rings (SSSR count). The first-order chi connectivity index (χ1) is 9.47. The number of carbonyl (C=O) groups is 2. The van der Waals surface area contributed by atoms with Gasteiger partial charge in [0.25, 0.3) is 0 Å². The average Bonchev–Trinajstić information content (AvgIpc) is 2.59. The summed E-state index contributed by atoms with van der Waals surface area (Å²) in [7, 11) is 0. The van der Waals surface area contributed by atoms with Crippen LogP contribution in [0.3, 0.4) is 0 Å². The van der Waals surface area contributed by atoms with Crippen LogP contribution < -0.4 is 10.6 Å². The molecule has 0 aromatic rings. The Balaban J connectivity index is 2.17. The Hall–Kier alpha value is -1.26. The number of amides is 2. The molecule has 0 heterocycles. The second kappa shape index (κ2) is 8.82. The van der Waals surface area contributed by atoms with Gasteiger partial charge in [-0.1, -0.05) is 26.7 Å². The van der Waals surface area contributed by atoms with Gasteiger partial charge in [-0.25, -0.2) is 4.79 Å². The molecular weight excluding hydrogens is 256 g/mol. The minimum absolute atomic E-state index is 0.119. The monoisotopic (exact) mass is 284 g/mol. The van der Waals surface area contributed by atoms with Gasteiger partial charge in [0.15, 0.2) is 0 Å². The van der Waals surface area contributed by atoms with E-state index in [9.17, 15) is 9.59 Å². The SMILES string of the molecule is CC1CCCC(NC(=O)NCC(C)CCC(=O)O)CC1. The van der Waals surface area contributed by atoms with Gasteiger partial charge in [0.05, 0.1) is 0 Å². The molecule has 1 aliphatic rings. The second-order valence-electron chi connectivity index (χ2n) is 6.20. The minimum Gasteiger partial charge on any atom is -0.481 e. The minimum atomic E-state index is -0.783. The molecule has 5 nitrogen and oxygen atoms in total. The maximum absolute atomic E-state index is 11.8. The quantitative estimate of drug-likeness (QED) is 0.656. The molecular formula is C15H28N2O3. The number of carbonyl (C=O) groups excluding carboxylic acids is 1. The van der Waals surface area contributed by atoms with Crippen LogP contribution in [0.5, 0.6) is 0 Å². The third-order valence-corrected chi connectivity index (χ3v) is 4.05. The lowest BCUT2D eigenvalue weighted by atomic mass is 10.0. The van der Waals surface area contributed by atoms with Gasteiger partial charge in [-0.2, -0.15) is 0 Å². The van der Waals surface area contributed by atoms with E-state index in [2.05, 4.69) is 17.6 Å². The first kappa shape index (κ1) is 16.8. The topological polar surface area (TPSA) is 78.4 Å². The Morgan fingerprint density at radius 2 is 2.00 bits per heavy atom. The Morgan fingerprint density at radius 1 is 1.25 bits per heavy atom. The van der Waals surface area contributed by atoms with Crippen molar-refractivity contribution in [1.82, 2.24) is 10.6 Å². The molecule has 2 amide bonds. The highest BCUT2D eigenvalue weighted by Gasteiger charge is 2.18. The third kappa shape index (κ3) is 7.36. The summed E-state index contributed by atoms with van der Waals surface area (Å²) in [4.78, 5) is 22.3. The highest BCUT2D eigenvalue weighted by molar-refractivity contribution is 5.74. The molecule has 0 spiro atoms. The van der Waals surface area contributed by atoms with Crippen molar-refractivity contribution in [2.45, 2.75) is 64.8 Å². The van der Waals surface area contributed by atoms with Gasteiger partial charge in [0.2, 0.25) is 0 Å². The molecule has 20 heavy (non-hydrogen) atoms. The van der Waals surface area contributed by atoms with Crippen LogP contribution in [-0.2, 0) is 4.79 Å². The molecule has 0 aromatic carbocycles. The molecule has 3 unspecified atom stereocenters. The van der Waals surface area contributed by atoms with Crippen LogP contribution in [0.25, 0.3) is 0 Å². The standard InChI is InChI=1S/C15H28N2O3/c1-11-4-3-5-13(8-6-11)17-15(20)16-10-12(2)7-9-14(18)19/h11-13H,3-10H2,1-2H3,(H,18,19)(H2,16,17,20). The first-order valence-electron chi connectivity index (χ1n) is 7.73. The number of aliphatic carboxylic acids is 1. The number of carboxylic acid groups (broad SMARTS) is 1. The van der Waals surface area contributed by atoms with Gasteiger partial charge in [-0.15, -0.1) is 0 Å². The summed E-state index contributed by atoms with van der Waals surface area (Å²) in [5, 5.41) is 14.5. The zero-order chi connectivity index (χ0) is 15.0. The maximum Gasteiger partial charge on any atom is 0.315 e. The van der Waals surface area contributed by atoms with E-state index in [1.54, 1.807) is 0 Å². The lowest BCUT2D eigenvalue weighted by Crippen LogP contribution is -2.43. The number of urea groups is 1. The number of hydrogen-bond acceptors (Lipinski definition) is 2. The van der Waals surface area contributed by atoms with Crippen molar-refractivity contribution in [2.75, 3.05) is 6.54 Å². The lowest BCUT2D eigenvalue weighted by molar-refractivity contribution is -0.137. The van der Waals surface area contributed by atoms with Gasteiger partial charge in [-0.3, -0.25) is 4.79 Å². The number of carboxylic acids is 1. The summed E-state index contributed by atoms with van der Waals surface area (Å²) in [6, 6.07) is 0.168. The van der Waals surface area contributed by atoms with Crippen LogP contribution in [0.15, 0.2) is 0 Å². The number of hydrogen-bond donors (Lipinski definition) is 3. The fraction of sp³-hybridized carbons (Fsp3) is 0.867. The zero-order valence-corrected chi connectivity index (χ0v) is 12.7. The van der Waals surface area contributed by atoms with E-state index in [4.69, 9.17) is 5.11 Å². The Bertz CT molecular complexity index is 320. The van der Waals surface area contributed by atoms with E-state index >= 15 is 0 Å². The summed E-state index contributed by atoms with van der Waals surface area (Å²) in [6.07, 6.45) is 6.49. The molecule has 3 N–H and O–H groups in total. The van der Waals surface area contributed by atoms with E-state index in [0.29, 0.717) is 13.0 Å². The maximum atomic E-state index is 11.8. The van der Waals surface area contributed by atoms with Crippen molar-refractivity contribution >= 4 is 12.0 Å². The largest absolute Gasteiger partial charge is 0.481 e. The summed E-state index contributed by atoms with van der Waals surface area (Å²) in [5.74, 6) is 0.167. The number of nitrogens with one attached hydrogen (secondary N) is 2. The molecule has 0 aromatic heterocycles. The molecule has 1 fully saturated rings. The molecule has 5 heteroatoms. The highest BCUT2D eigenvalue weighted by atomic mass is 16.4. The lowest BCUT2D eigenvalue weighted by Gasteiger charge is -2.18. The Labute approximate surface area is 121 Å². The van der Waals surface area contributed by atoms with Crippen molar-refractivity contribution in [3.05, 3.63) is 0 Å². The molecule has 116 valence electrons. The van der Waals surface area contributed by atoms with Gasteiger partial charge in [0.1, 0.15) is 0 Å². The molecule has 0 radical (unpaired) electrons. The Morgan fingerprint density at radius 3 is 2.70 bits per heavy atom. The zero-order valence-electron chi connectivity index (χ0n) is 12.7. The van der Waals surface area contributed by atoms with Crippen LogP contribution in [0, 0.1) is 11.8 Å². The van der Waals surface area contributed by atoms with Crippen LogP contribution >= 0.6 is 0 Å². The second-order valence-corrected chi connectivity index (χ2v) is 6.20. The molecule has 0 aliphatic heterocycles. The molecule has 3 atom stereocenters. The molecule has 1 aliphatic carbocycles. The van der Waals surface area contributed by atoms with Crippen molar-refractivity contribution in [2.24, 2.45) is 11.8 Å². The Kier molecular flexibility index (Phi) is 7.41. The predicted octanol–water partition coefficient (Wildman–Crippen LogP) is 2.76. The van der Waals surface area contributed by atoms with Crippen LogP contribution in [0.4, 0.5) is 4.79 Å². The highest BCUT2D eigenvalue weighted by Crippen LogP contribution is 2.22. The predicted molar refractivity (Wildman–Crippen MR) is 78.6 cm³/mol. The van der Waals surface area contributed by atoms with Gasteiger partial charge in [-0.05, 0) is 37.5 Å².